The van der Waals surface area contributed by atoms with Crippen molar-refractivity contribution in [3.05, 3.63) is 29.3 Å². The number of aryl methyl sites for hydroxylation is 2. The number of nitrogens with zero attached hydrogens (tertiary/aromatic N) is 1. The molecule has 1 aromatic rings. The van der Waals surface area contributed by atoms with E-state index in [0.717, 1.165) is 31.3 Å². The van der Waals surface area contributed by atoms with Gasteiger partial charge in [0.1, 0.15) is 18.5 Å². The zero-order valence-electron chi connectivity index (χ0n) is 12.9. The van der Waals surface area contributed by atoms with Gasteiger partial charge in [0, 0.05) is 6.54 Å². The van der Waals surface area contributed by atoms with E-state index in [1.165, 1.54) is 24.0 Å². The number of likely N-dealkylation sites (tertiary alicyclic amines) is 1. The van der Waals surface area contributed by atoms with Crippen LogP contribution in [0.5, 0.6) is 5.75 Å². The topological polar surface area (TPSA) is 32.7 Å². The van der Waals surface area contributed by atoms with Gasteiger partial charge in [0.05, 0.1) is 0 Å². The molecule has 1 saturated heterocycles. The van der Waals surface area contributed by atoms with Crippen molar-refractivity contribution in [3.63, 3.8) is 0 Å². The first-order valence-electron chi connectivity index (χ1n) is 7.65. The van der Waals surface area contributed by atoms with Gasteiger partial charge in [-0.15, -0.1) is 0 Å². The molecule has 1 heterocycles. The van der Waals surface area contributed by atoms with Crippen molar-refractivity contribution in [3.8, 4) is 5.75 Å². The summed E-state index contributed by atoms with van der Waals surface area (Å²) in [5.74, 6) is 1.68. The summed E-state index contributed by atoms with van der Waals surface area (Å²) in [7, 11) is 0. The average Bonchev–Trinajstić information content (AvgIpc) is 2.43. The number of hydrogen-bond donors (Lipinski definition) is 1. The molecule has 0 aliphatic carbocycles. The zero-order chi connectivity index (χ0) is 14.5. The molecular weight excluding hydrogens is 250 g/mol. The number of benzene rings is 1. The maximum atomic E-state index is 10.1. The van der Waals surface area contributed by atoms with Crippen LogP contribution in [0.1, 0.15) is 30.9 Å². The van der Waals surface area contributed by atoms with Gasteiger partial charge >= 0.3 is 0 Å². The van der Waals surface area contributed by atoms with Crippen LogP contribution in [0.3, 0.4) is 0 Å². The maximum absolute atomic E-state index is 10.1. The van der Waals surface area contributed by atoms with Crippen molar-refractivity contribution in [2.75, 3.05) is 26.2 Å². The predicted octanol–water partition coefficient (Wildman–Crippen LogP) is 2.78. The molecule has 2 rings (SSSR count). The van der Waals surface area contributed by atoms with Crippen LogP contribution in [-0.2, 0) is 0 Å². The quantitative estimate of drug-likeness (QED) is 0.898. The van der Waals surface area contributed by atoms with Gasteiger partial charge in [0.15, 0.2) is 0 Å². The summed E-state index contributed by atoms with van der Waals surface area (Å²) in [5.41, 5.74) is 2.49. The normalized spacial score (nSPS) is 19.0. The van der Waals surface area contributed by atoms with Crippen LogP contribution in [0.2, 0.25) is 0 Å². The third-order valence-corrected chi connectivity index (χ3v) is 4.27. The van der Waals surface area contributed by atoms with Gasteiger partial charge < -0.3 is 14.7 Å². The second-order valence-corrected chi connectivity index (χ2v) is 6.19. The second-order valence-electron chi connectivity index (χ2n) is 6.19. The summed E-state index contributed by atoms with van der Waals surface area (Å²) in [6.45, 7) is 9.76. The molecule has 1 atom stereocenters. The Morgan fingerprint density at radius 2 is 1.95 bits per heavy atom. The summed E-state index contributed by atoms with van der Waals surface area (Å²) in [4.78, 5) is 2.34. The van der Waals surface area contributed by atoms with Crippen LogP contribution in [0.15, 0.2) is 18.2 Å². The Hall–Kier alpha value is -1.06. The van der Waals surface area contributed by atoms with E-state index >= 15 is 0 Å². The lowest BCUT2D eigenvalue weighted by molar-refractivity contribution is 0.0563. The first-order valence-corrected chi connectivity index (χ1v) is 7.65. The molecule has 3 nitrogen and oxygen atoms in total. The van der Waals surface area contributed by atoms with Crippen LogP contribution >= 0.6 is 0 Å². The molecule has 1 aliphatic rings. The third-order valence-electron chi connectivity index (χ3n) is 4.27. The Bertz CT molecular complexity index is 425. The molecule has 1 N–H and O–H groups in total. The third kappa shape index (κ3) is 4.50. The van der Waals surface area contributed by atoms with Crippen LogP contribution in [0.25, 0.3) is 0 Å². The van der Waals surface area contributed by atoms with Crippen molar-refractivity contribution >= 4 is 0 Å². The largest absolute Gasteiger partial charge is 0.491 e. The number of aliphatic hydroxyl groups excluding tert-OH is 1. The van der Waals surface area contributed by atoms with E-state index in [2.05, 4.69) is 31.7 Å². The van der Waals surface area contributed by atoms with Gasteiger partial charge in [-0.05, 0) is 69.0 Å². The Morgan fingerprint density at radius 3 is 2.60 bits per heavy atom. The number of hydrogen-bond acceptors (Lipinski definition) is 3. The fourth-order valence-electron chi connectivity index (χ4n) is 2.59. The molecule has 112 valence electrons. The van der Waals surface area contributed by atoms with Crippen LogP contribution < -0.4 is 4.74 Å². The fraction of sp³-hybridized carbons (Fsp3) is 0.647. The van der Waals surface area contributed by atoms with Gasteiger partial charge in [-0.25, -0.2) is 0 Å². The summed E-state index contributed by atoms with van der Waals surface area (Å²) < 4.78 is 5.69. The molecule has 0 bridgehead atoms. The van der Waals surface area contributed by atoms with Crippen molar-refractivity contribution in [1.29, 1.82) is 0 Å². The molecule has 0 radical (unpaired) electrons. The molecule has 0 spiro atoms. The molecule has 1 aliphatic heterocycles. The first kappa shape index (κ1) is 15.3. The van der Waals surface area contributed by atoms with Crippen molar-refractivity contribution in [1.82, 2.24) is 4.90 Å². The SMILES string of the molecule is Cc1ccc(OC[C@@H](O)CN2CCC(C)CC2)cc1C. The molecule has 1 fully saturated rings. The highest BCUT2D eigenvalue weighted by Crippen LogP contribution is 2.18. The van der Waals surface area contributed by atoms with Gasteiger partial charge in [0.25, 0.3) is 0 Å². The predicted molar refractivity (Wildman–Crippen MR) is 82.3 cm³/mol. The minimum atomic E-state index is -0.412. The van der Waals surface area contributed by atoms with E-state index in [4.69, 9.17) is 4.74 Å². The lowest BCUT2D eigenvalue weighted by Crippen LogP contribution is -2.40. The van der Waals surface area contributed by atoms with Gasteiger partial charge in [-0.2, -0.15) is 0 Å². The van der Waals surface area contributed by atoms with E-state index in [1.807, 2.05) is 12.1 Å². The Morgan fingerprint density at radius 1 is 1.25 bits per heavy atom. The highest BCUT2D eigenvalue weighted by Gasteiger charge is 2.18. The molecule has 3 heteroatoms. The lowest BCUT2D eigenvalue weighted by Gasteiger charge is -2.31. The number of piperidine rings is 1. The molecule has 0 amide bonds. The number of aliphatic hydroxyl groups is 1. The number of ether oxygens (including phenoxy) is 1. The summed E-state index contributed by atoms with van der Waals surface area (Å²) in [6, 6.07) is 6.06. The molecule has 20 heavy (non-hydrogen) atoms. The molecule has 0 saturated carbocycles. The highest BCUT2D eigenvalue weighted by molar-refractivity contribution is 5.33. The minimum Gasteiger partial charge on any atom is -0.491 e. The van der Waals surface area contributed by atoms with Crippen LogP contribution in [-0.4, -0.2) is 42.4 Å². The average molecular weight is 277 g/mol. The fourth-order valence-corrected chi connectivity index (χ4v) is 2.59. The summed E-state index contributed by atoms with van der Waals surface area (Å²) >= 11 is 0. The summed E-state index contributed by atoms with van der Waals surface area (Å²) in [5, 5.41) is 10.1. The van der Waals surface area contributed by atoms with Gasteiger partial charge in [-0.3, -0.25) is 0 Å². The molecule has 0 aromatic heterocycles. The zero-order valence-corrected chi connectivity index (χ0v) is 12.9. The lowest BCUT2D eigenvalue weighted by atomic mass is 9.99. The Balaban J connectivity index is 1.74. The summed E-state index contributed by atoms with van der Waals surface area (Å²) in [6.07, 6.45) is 2.07. The van der Waals surface area contributed by atoms with E-state index in [9.17, 15) is 5.11 Å². The van der Waals surface area contributed by atoms with E-state index in [1.54, 1.807) is 0 Å². The smallest absolute Gasteiger partial charge is 0.119 e. The van der Waals surface area contributed by atoms with Crippen LogP contribution in [0, 0.1) is 19.8 Å². The molecule has 1 aromatic carbocycles. The van der Waals surface area contributed by atoms with E-state index in [-0.39, 0.29) is 0 Å². The Labute approximate surface area is 122 Å². The number of rotatable bonds is 5. The highest BCUT2D eigenvalue weighted by atomic mass is 16.5. The van der Waals surface area contributed by atoms with Crippen molar-refractivity contribution in [2.45, 2.75) is 39.7 Å². The van der Waals surface area contributed by atoms with E-state index in [0.29, 0.717) is 6.61 Å². The van der Waals surface area contributed by atoms with Crippen molar-refractivity contribution < 1.29 is 9.84 Å². The maximum Gasteiger partial charge on any atom is 0.119 e. The monoisotopic (exact) mass is 277 g/mol. The van der Waals surface area contributed by atoms with Crippen molar-refractivity contribution in [2.24, 2.45) is 5.92 Å². The number of β-amino-alcohol motifs (C(OH)–C–C–N with tert-alkyl or cyclic N) is 1. The van der Waals surface area contributed by atoms with E-state index < -0.39 is 6.10 Å². The second kappa shape index (κ2) is 7.09. The molecule has 0 unspecified atom stereocenters. The molecular formula is C17H27NO2. The van der Waals surface area contributed by atoms with Gasteiger partial charge in [0.2, 0.25) is 0 Å². The Kier molecular flexibility index (Phi) is 5.44. The minimum absolute atomic E-state index is 0.370. The van der Waals surface area contributed by atoms with Gasteiger partial charge in [-0.1, -0.05) is 13.0 Å². The van der Waals surface area contributed by atoms with Crippen LogP contribution in [0.4, 0.5) is 0 Å². The first-order chi connectivity index (χ1) is 9.54. The standard InChI is InChI=1S/C17H27NO2/c1-13-6-8-18(9-7-13)11-16(19)12-20-17-5-4-14(2)15(3)10-17/h4-5,10,13,16,19H,6-9,11-12H2,1-3H3/t16-/m0/s1.